The normalized spacial score (nSPS) is 11.1. The van der Waals surface area contributed by atoms with Gasteiger partial charge in [-0.1, -0.05) is 18.2 Å². The van der Waals surface area contributed by atoms with Gasteiger partial charge >= 0.3 is 6.18 Å². The van der Waals surface area contributed by atoms with E-state index in [-0.39, 0.29) is 11.6 Å². The highest BCUT2D eigenvalue weighted by Crippen LogP contribution is 2.30. The van der Waals surface area contributed by atoms with Crippen molar-refractivity contribution in [3.63, 3.8) is 0 Å². The number of carbonyl (C=O) groups is 1. The fraction of sp³-hybridized carbons (Fsp3) is 0.100. The zero-order chi connectivity index (χ0) is 19.4. The van der Waals surface area contributed by atoms with Gasteiger partial charge < -0.3 is 10.6 Å². The van der Waals surface area contributed by atoms with E-state index in [0.717, 1.165) is 17.7 Å². The number of amides is 1. The average Bonchev–Trinajstić information content (AvgIpc) is 2.63. The van der Waals surface area contributed by atoms with E-state index in [9.17, 15) is 18.0 Å². The number of pyridine rings is 1. The third kappa shape index (κ3) is 4.63. The minimum absolute atomic E-state index is 0.190. The molecule has 2 N–H and O–H groups in total. The third-order valence-corrected chi connectivity index (χ3v) is 3.89. The minimum Gasteiger partial charge on any atom is -0.355 e. The van der Waals surface area contributed by atoms with E-state index < -0.39 is 11.7 Å². The molecule has 138 valence electrons. The molecule has 0 aliphatic carbocycles. The molecule has 0 spiro atoms. The number of hydrogen-bond acceptors (Lipinski definition) is 3. The first kappa shape index (κ1) is 18.4. The summed E-state index contributed by atoms with van der Waals surface area (Å²) in [6.07, 6.45) is -2.92. The molecule has 3 aromatic rings. The lowest BCUT2D eigenvalue weighted by Crippen LogP contribution is -2.14. The molecule has 0 unspecified atom stereocenters. The lowest BCUT2D eigenvalue weighted by Gasteiger charge is -2.11. The Morgan fingerprint density at radius 3 is 2.33 bits per heavy atom. The van der Waals surface area contributed by atoms with Crippen LogP contribution in [0.4, 0.5) is 30.2 Å². The van der Waals surface area contributed by atoms with Crippen LogP contribution in [0, 0.1) is 6.92 Å². The van der Waals surface area contributed by atoms with Crippen LogP contribution in [0.2, 0.25) is 0 Å². The van der Waals surface area contributed by atoms with Gasteiger partial charge in [-0.05, 0) is 55.0 Å². The Bertz CT molecular complexity index is 953. The van der Waals surface area contributed by atoms with Crippen molar-refractivity contribution in [1.82, 2.24) is 4.98 Å². The molecule has 0 aliphatic heterocycles. The van der Waals surface area contributed by atoms with Gasteiger partial charge in [0.1, 0.15) is 5.69 Å². The second-order valence-corrected chi connectivity index (χ2v) is 5.90. The minimum atomic E-state index is -4.38. The Morgan fingerprint density at radius 2 is 1.67 bits per heavy atom. The first-order valence-electron chi connectivity index (χ1n) is 8.10. The Kier molecular flexibility index (Phi) is 5.12. The molecule has 2 aromatic carbocycles. The molecule has 1 aromatic heterocycles. The second-order valence-electron chi connectivity index (χ2n) is 5.90. The molecule has 0 saturated heterocycles. The van der Waals surface area contributed by atoms with Crippen LogP contribution in [-0.4, -0.2) is 10.9 Å². The largest absolute Gasteiger partial charge is 0.416 e. The van der Waals surface area contributed by atoms with E-state index in [1.807, 2.05) is 25.1 Å². The van der Waals surface area contributed by atoms with Crippen LogP contribution in [-0.2, 0) is 6.18 Å². The lowest BCUT2D eigenvalue weighted by atomic mass is 10.2. The van der Waals surface area contributed by atoms with Gasteiger partial charge in [0.25, 0.3) is 5.91 Å². The molecule has 0 radical (unpaired) electrons. The summed E-state index contributed by atoms with van der Waals surface area (Å²) in [4.78, 5) is 16.5. The highest BCUT2D eigenvalue weighted by molar-refractivity contribution is 6.03. The van der Waals surface area contributed by atoms with Gasteiger partial charge in [-0.25, -0.2) is 0 Å². The maximum atomic E-state index is 12.6. The van der Waals surface area contributed by atoms with Gasteiger partial charge in [0.15, 0.2) is 0 Å². The Labute approximate surface area is 154 Å². The standard InChI is InChI=1S/C20H16F3N3O/c1-13-4-2-3-5-17(13)26-19(27)18-12-16(10-11-24-18)25-15-8-6-14(7-9-15)20(21,22)23/h2-12H,1H3,(H,24,25)(H,26,27). The molecule has 3 rings (SSSR count). The number of para-hydroxylation sites is 1. The Morgan fingerprint density at radius 1 is 0.963 bits per heavy atom. The predicted octanol–water partition coefficient (Wildman–Crippen LogP) is 5.40. The number of carbonyl (C=O) groups excluding carboxylic acids is 1. The topological polar surface area (TPSA) is 54.0 Å². The third-order valence-electron chi connectivity index (χ3n) is 3.89. The zero-order valence-electron chi connectivity index (χ0n) is 14.3. The van der Waals surface area contributed by atoms with Crippen molar-refractivity contribution in [3.05, 3.63) is 83.7 Å². The molecule has 0 bridgehead atoms. The summed E-state index contributed by atoms with van der Waals surface area (Å²) >= 11 is 0. The fourth-order valence-corrected chi connectivity index (χ4v) is 2.44. The van der Waals surface area contributed by atoms with Crippen LogP contribution in [0.25, 0.3) is 0 Å². The number of anilines is 3. The van der Waals surface area contributed by atoms with Gasteiger partial charge in [0.05, 0.1) is 5.56 Å². The van der Waals surface area contributed by atoms with Gasteiger partial charge in [0.2, 0.25) is 0 Å². The summed E-state index contributed by atoms with van der Waals surface area (Å²) < 4.78 is 37.9. The number of alkyl halides is 3. The van der Waals surface area contributed by atoms with Crippen molar-refractivity contribution in [2.75, 3.05) is 10.6 Å². The lowest BCUT2D eigenvalue weighted by molar-refractivity contribution is -0.137. The van der Waals surface area contributed by atoms with Gasteiger partial charge in [-0.15, -0.1) is 0 Å². The number of hydrogen-bond donors (Lipinski definition) is 2. The number of halogens is 3. The molecule has 0 atom stereocenters. The first-order valence-corrected chi connectivity index (χ1v) is 8.10. The van der Waals surface area contributed by atoms with Gasteiger partial charge in [-0.3, -0.25) is 9.78 Å². The van der Waals surface area contributed by atoms with Gasteiger partial charge in [-0.2, -0.15) is 13.2 Å². The van der Waals surface area contributed by atoms with Gasteiger partial charge in [0, 0.05) is 23.3 Å². The summed E-state index contributed by atoms with van der Waals surface area (Å²) in [6, 6.07) is 15.2. The van der Waals surface area contributed by atoms with E-state index in [2.05, 4.69) is 15.6 Å². The molecule has 4 nitrogen and oxygen atoms in total. The molecule has 0 aliphatic rings. The zero-order valence-corrected chi connectivity index (χ0v) is 14.3. The van der Waals surface area contributed by atoms with E-state index >= 15 is 0 Å². The molecular weight excluding hydrogens is 355 g/mol. The van der Waals surface area contributed by atoms with Crippen LogP contribution in [0.15, 0.2) is 66.9 Å². The SMILES string of the molecule is Cc1ccccc1NC(=O)c1cc(Nc2ccc(C(F)(F)F)cc2)ccn1. The van der Waals surface area contributed by atoms with Crippen molar-refractivity contribution in [1.29, 1.82) is 0 Å². The summed E-state index contributed by atoms with van der Waals surface area (Å²) in [5.41, 5.74) is 2.09. The van der Waals surface area contributed by atoms with Crippen LogP contribution in [0.1, 0.15) is 21.6 Å². The molecule has 1 amide bonds. The molecule has 0 saturated carbocycles. The molecule has 27 heavy (non-hydrogen) atoms. The molecule has 0 fully saturated rings. The van der Waals surface area contributed by atoms with Crippen molar-refractivity contribution in [2.24, 2.45) is 0 Å². The smallest absolute Gasteiger partial charge is 0.355 e. The summed E-state index contributed by atoms with van der Waals surface area (Å²) in [7, 11) is 0. The highest BCUT2D eigenvalue weighted by atomic mass is 19.4. The Balaban J connectivity index is 1.73. The molecular formula is C20H16F3N3O. The number of aryl methyl sites for hydroxylation is 1. The van der Waals surface area contributed by atoms with Crippen LogP contribution >= 0.6 is 0 Å². The number of rotatable bonds is 4. The second kappa shape index (κ2) is 7.49. The molecule has 7 heteroatoms. The average molecular weight is 371 g/mol. The van der Waals surface area contributed by atoms with Crippen molar-refractivity contribution < 1.29 is 18.0 Å². The monoisotopic (exact) mass is 371 g/mol. The molecule has 1 heterocycles. The number of aromatic nitrogens is 1. The van der Waals surface area contributed by atoms with E-state index in [0.29, 0.717) is 17.1 Å². The maximum Gasteiger partial charge on any atom is 0.416 e. The number of benzene rings is 2. The Hall–Kier alpha value is -3.35. The van der Waals surface area contributed by atoms with Crippen LogP contribution in [0.5, 0.6) is 0 Å². The fourth-order valence-electron chi connectivity index (χ4n) is 2.44. The van der Waals surface area contributed by atoms with Crippen molar-refractivity contribution >= 4 is 23.0 Å². The summed E-state index contributed by atoms with van der Waals surface area (Å²) in [5, 5.41) is 5.75. The van der Waals surface area contributed by atoms with Crippen molar-refractivity contribution in [3.8, 4) is 0 Å². The van der Waals surface area contributed by atoms with E-state index in [1.165, 1.54) is 24.4 Å². The van der Waals surface area contributed by atoms with E-state index in [4.69, 9.17) is 0 Å². The van der Waals surface area contributed by atoms with E-state index in [1.54, 1.807) is 12.1 Å². The van der Waals surface area contributed by atoms with Crippen LogP contribution in [0.3, 0.4) is 0 Å². The highest BCUT2D eigenvalue weighted by Gasteiger charge is 2.29. The summed E-state index contributed by atoms with van der Waals surface area (Å²) in [5.74, 6) is -0.375. The number of nitrogens with one attached hydrogen (secondary N) is 2. The number of nitrogens with zero attached hydrogens (tertiary/aromatic N) is 1. The first-order chi connectivity index (χ1) is 12.8. The summed E-state index contributed by atoms with van der Waals surface area (Å²) in [6.45, 7) is 1.88. The predicted molar refractivity (Wildman–Crippen MR) is 98.1 cm³/mol. The maximum absolute atomic E-state index is 12.6. The quantitative estimate of drug-likeness (QED) is 0.645. The van der Waals surface area contributed by atoms with Crippen LogP contribution < -0.4 is 10.6 Å². The van der Waals surface area contributed by atoms with Crippen molar-refractivity contribution in [2.45, 2.75) is 13.1 Å².